The monoisotopic (exact) mass is 226 g/mol. The second-order valence-corrected chi connectivity index (χ2v) is 2.81. The Morgan fingerprint density at radius 1 is 1.29 bits per heavy atom. The van der Waals surface area contributed by atoms with Gasteiger partial charge in [-0.1, -0.05) is 18.2 Å². The number of hydrogen-bond acceptors (Lipinski definition) is 1. The Kier molecular flexibility index (Phi) is 5.61. The minimum Gasteiger partial charge on any atom is -0.445 e. The van der Waals surface area contributed by atoms with Crippen molar-refractivity contribution in [3.63, 3.8) is 0 Å². The molecule has 70 valence electrons. The van der Waals surface area contributed by atoms with E-state index >= 15 is 0 Å². The van der Waals surface area contributed by atoms with Crippen LogP contribution in [0.15, 0.2) is 18.2 Å². The maximum atomic E-state index is 12.2. The number of aryl methyl sites for hydroxylation is 1. The molecule has 0 N–H and O–H groups in total. The van der Waals surface area contributed by atoms with Crippen LogP contribution in [0.5, 0.6) is 0 Å². The molecule has 0 spiro atoms. The van der Waals surface area contributed by atoms with E-state index < -0.39 is 12.4 Å². The molecule has 0 aliphatic rings. The Labute approximate surface area is 123 Å². The van der Waals surface area contributed by atoms with E-state index in [1.54, 1.807) is 6.92 Å². The minimum absolute atomic E-state index is 0. The van der Waals surface area contributed by atoms with Crippen molar-refractivity contribution in [1.29, 1.82) is 0 Å². The fourth-order valence-corrected chi connectivity index (χ4v) is 0.990. The zero-order chi connectivity index (χ0) is 10.1. The van der Waals surface area contributed by atoms with Gasteiger partial charge in [0.25, 0.3) is 0 Å². The summed E-state index contributed by atoms with van der Waals surface area (Å²) < 4.78 is 36.5. The van der Waals surface area contributed by atoms with Gasteiger partial charge >= 0.3 is 58.4 Å². The summed E-state index contributed by atoms with van der Waals surface area (Å²) in [7, 11) is 0. The summed E-state index contributed by atoms with van der Waals surface area (Å²) in [6.07, 6.45) is 0.431. The summed E-state index contributed by atoms with van der Waals surface area (Å²) in [5, 5.41) is 0. The van der Waals surface area contributed by atoms with Crippen LogP contribution < -0.4 is 56.8 Å². The van der Waals surface area contributed by atoms with Crippen molar-refractivity contribution < 1.29 is 69.1 Å². The third-order valence-corrected chi connectivity index (χ3v) is 1.81. The number of carbonyl (C=O) groups excluding carboxylic acids is 1. The molecule has 0 saturated carbocycles. The first-order valence-electron chi connectivity index (χ1n) is 3.71. The summed E-state index contributed by atoms with van der Waals surface area (Å²) >= 11 is 0. The molecule has 1 aromatic rings. The zero-order valence-corrected chi connectivity index (χ0v) is 11.1. The topological polar surface area (TPSA) is 17.1 Å². The van der Waals surface area contributed by atoms with Crippen molar-refractivity contribution in [1.82, 2.24) is 0 Å². The molecule has 1 aromatic carbocycles. The first-order chi connectivity index (χ1) is 5.95. The van der Waals surface area contributed by atoms with Gasteiger partial charge < -0.3 is 12.9 Å². The van der Waals surface area contributed by atoms with Gasteiger partial charge in [0.1, 0.15) is 6.29 Å². The number of benzene rings is 1. The second-order valence-electron chi connectivity index (χ2n) is 2.81. The third-order valence-electron chi connectivity index (χ3n) is 1.81. The average molecular weight is 226 g/mol. The minimum atomic E-state index is -5.00. The molecule has 0 saturated heterocycles. The van der Waals surface area contributed by atoms with Gasteiger partial charge in [0.05, 0.1) is 0 Å². The predicted octanol–water partition coefficient (Wildman–Crippen LogP) is -1.13. The fraction of sp³-hybridized carbons (Fsp3) is 0.125. The van der Waals surface area contributed by atoms with Crippen molar-refractivity contribution in [3.8, 4) is 0 Å². The van der Waals surface area contributed by atoms with Crippen molar-refractivity contribution in [3.05, 3.63) is 29.3 Å². The van der Waals surface area contributed by atoms with E-state index in [2.05, 4.69) is 0 Å². The van der Waals surface area contributed by atoms with Gasteiger partial charge in [-0.3, -0.25) is 4.79 Å². The van der Waals surface area contributed by atoms with Crippen LogP contribution in [-0.4, -0.2) is 13.3 Å². The van der Waals surface area contributed by atoms with Crippen molar-refractivity contribution >= 4 is 18.7 Å². The summed E-state index contributed by atoms with van der Waals surface area (Å²) in [6.45, 7) is -3.41. The maximum absolute atomic E-state index is 12.2. The fourth-order valence-electron chi connectivity index (χ4n) is 0.990. The van der Waals surface area contributed by atoms with Crippen molar-refractivity contribution in [2.75, 3.05) is 0 Å². The SMILES string of the molecule is Cc1ccc([B-](F)(F)F)cc1C=O.[K+]. The molecule has 0 aliphatic heterocycles. The van der Waals surface area contributed by atoms with E-state index in [1.807, 2.05) is 0 Å². The van der Waals surface area contributed by atoms with Crippen LogP contribution in [0.25, 0.3) is 0 Å². The molecule has 0 aromatic heterocycles. The molecule has 0 amide bonds. The Balaban J connectivity index is 0.00000169. The zero-order valence-electron chi connectivity index (χ0n) is 7.93. The van der Waals surface area contributed by atoms with E-state index in [4.69, 9.17) is 0 Å². The van der Waals surface area contributed by atoms with Crippen molar-refractivity contribution in [2.24, 2.45) is 0 Å². The Morgan fingerprint density at radius 2 is 1.86 bits per heavy atom. The molecule has 0 aliphatic carbocycles. The smallest absolute Gasteiger partial charge is 0.445 e. The molecular weight excluding hydrogens is 219 g/mol. The van der Waals surface area contributed by atoms with E-state index in [0.29, 0.717) is 11.8 Å². The third kappa shape index (κ3) is 3.51. The summed E-state index contributed by atoms with van der Waals surface area (Å²) in [5.41, 5.74) is -0.0804. The van der Waals surface area contributed by atoms with Gasteiger partial charge in [-0.05, 0) is 12.5 Å². The molecule has 1 nitrogen and oxygen atoms in total. The number of carbonyl (C=O) groups is 1. The molecule has 0 unspecified atom stereocenters. The molecule has 0 radical (unpaired) electrons. The molecule has 0 bridgehead atoms. The number of rotatable bonds is 2. The molecule has 14 heavy (non-hydrogen) atoms. The van der Waals surface area contributed by atoms with Crippen LogP contribution in [0.3, 0.4) is 0 Å². The molecule has 0 atom stereocenters. The predicted molar refractivity (Wildman–Crippen MR) is 45.3 cm³/mol. The van der Waals surface area contributed by atoms with Crippen LogP contribution in [0.2, 0.25) is 0 Å². The van der Waals surface area contributed by atoms with Crippen LogP contribution in [0.1, 0.15) is 15.9 Å². The standard InChI is InChI=1S/C8H7BF3O.K/c1-6-2-3-8(9(10,11)12)4-7(6)5-13;/h2-5H,1H3;/q-1;+1. The first-order valence-corrected chi connectivity index (χ1v) is 3.71. The molecule has 0 fully saturated rings. The van der Waals surface area contributed by atoms with Gasteiger partial charge in [0.15, 0.2) is 0 Å². The number of halogens is 3. The van der Waals surface area contributed by atoms with Gasteiger partial charge in [0.2, 0.25) is 0 Å². The van der Waals surface area contributed by atoms with Gasteiger partial charge in [0, 0.05) is 5.56 Å². The van der Waals surface area contributed by atoms with Crippen LogP contribution >= 0.6 is 0 Å². The summed E-state index contributed by atoms with van der Waals surface area (Å²) in [6, 6.07) is 3.17. The summed E-state index contributed by atoms with van der Waals surface area (Å²) in [4.78, 5) is 10.3. The van der Waals surface area contributed by atoms with Gasteiger partial charge in [-0.15, -0.1) is 5.46 Å². The quantitative estimate of drug-likeness (QED) is 0.460. The van der Waals surface area contributed by atoms with Crippen LogP contribution in [0, 0.1) is 6.92 Å². The van der Waals surface area contributed by atoms with Crippen molar-refractivity contribution in [2.45, 2.75) is 6.92 Å². The maximum Gasteiger partial charge on any atom is 1.00 e. The largest absolute Gasteiger partial charge is 1.00 e. The molecule has 6 heteroatoms. The summed E-state index contributed by atoms with van der Waals surface area (Å²) in [5.74, 6) is 0. The Hall–Kier alpha value is 0.381. The molecule has 1 rings (SSSR count). The first kappa shape index (κ1) is 14.4. The van der Waals surface area contributed by atoms with E-state index in [1.165, 1.54) is 6.07 Å². The number of hydrogen-bond donors (Lipinski definition) is 0. The normalized spacial score (nSPS) is 10.6. The number of aldehydes is 1. The van der Waals surface area contributed by atoms with E-state index in [-0.39, 0.29) is 56.9 Å². The van der Waals surface area contributed by atoms with Crippen LogP contribution in [-0.2, 0) is 0 Å². The van der Waals surface area contributed by atoms with Crippen LogP contribution in [0.4, 0.5) is 12.9 Å². The Morgan fingerprint density at radius 3 is 2.29 bits per heavy atom. The molecule has 0 heterocycles. The van der Waals surface area contributed by atoms with E-state index in [0.717, 1.165) is 12.1 Å². The average Bonchev–Trinajstić information content (AvgIpc) is 2.03. The van der Waals surface area contributed by atoms with E-state index in [9.17, 15) is 17.7 Å². The van der Waals surface area contributed by atoms with Gasteiger partial charge in [-0.2, -0.15) is 0 Å². The second kappa shape index (κ2) is 5.46. The van der Waals surface area contributed by atoms with Gasteiger partial charge in [-0.25, -0.2) is 0 Å². The Bertz CT molecular complexity index is 338. The molecular formula is C8H7BF3KO.